The Morgan fingerprint density at radius 2 is 1.80 bits per heavy atom. The molecule has 0 saturated heterocycles. The van der Waals surface area contributed by atoms with Crippen LogP contribution in [0.1, 0.15) is 52.4 Å². The van der Waals surface area contributed by atoms with E-state index in [0.29, 0.717) is 17.9 Å². The van der Waals surface area contributed by atoms with Crippen molar-refractivity contribution < 1.29 is 31.1 Å². The highest BCUT2D eigenvalue weighted by Crippen LogP contribution is 2.39. The Hall–Kier alpha value is -2.29. The van der Waals surface area contributed by atoms with Gasteiger partial charge in [-0.1, -0.05) is 36.6 Å². The van der Waals surface area contributed by atoms with E-state index in [1.807, 2.05) is 0 Å². The molecule has 1 unspecified atom stereocenters. The molecule has 0 spiro atoms. The summed E-state index contributed by atoms with van der Waals surface area (Å²) in [6, 6.07) is 5.24. The number of nitrogens with one attached hydrogen (secondary N) is 1. The molecule has 0 radical (unpaired) electrons. The molecule has 162 valence electrons. The van der Waals surface area contributed by atoms with E-state index in [1.54, 1.807) is 0 Å². The molecule has 1 amide bonds. The monoisotopic (exact) mass is 450 g/mol. The summed E-state index contributed by atoms with van der Waals surface area (Å²) < 4.78 is 77.1. The van der Waals surface area contributed by atoms with Crippen molar-refractivity contribution >= 4 is 17.5 Å². The number of rotatable bonds is 6. The van der Waals surface area contributed by atoms with Crippen LogP contribution in [0.3, 0.4) is 0 Å². The molecule has 0 aliphatic heterocycles. The van der Waals surface area contributed by atoms with Crippen LogP contribution in [0.15, 0.2) is 36.5 Å². The summed E-state index contributed by atoms with van der Waals surface area (Å²) in [5.74, 6) is -0.709. The highest BCUT2D eigenvalue weighted by atomic mass is 35.5. The summed E-state index contributed by atoms with van der Waals surface area (Å²) in [6.45, 7) is 0.0367. The lowest BCUT2D eigenvalue weighted by atomic mass is 9.94. The van der Waals surface area contributed by atoms with Crippen LogP contribution in [0, 0.1) is 5.92 Å². The van der Waals surface area contributed by atoms with Crippen molar-refractivity contribution in [2.24, 2.45) is 5.92 Å². The van der Waals surface area contributed by atoms with Crippen molar-refractivity contribution in [2.75, 3.05) is 6.54 Å². The van der Waals surface area contributed by atoms with Crippen molar-refractivity contribution in [3.8, 4) is 0 Å². The van der Waals surface area contributed by atoms with Gasteiger partial charge in [0.1, 0.15) is 5.69 Å². The number of nitrogens with zero attached hydrogens (tertiary/aromatic N) is 1. The maximum absolute atomic E-state index is 13.0. The van der Waals surface area contributed by atoms with E-state index >= 15 is 0 Å². The van der Waals surface area contributed by atoms with Crippen molar-refractivity contribution in [1.29, 1.82) is 0 Å². The number of alkyl halides is 6. The third-order valence-electron chi connectivity index (χ3n) is 4.92. The normalized spacial score (nSPS) is 15.7. The summed E-state index contributed by atoms with van der Waals surface area (Å²) in [7, 11) is 0. The molecule has 1 aromatic heterocycles. The summed E-state index contributed by atoms with van der Waals surface area (Å²) in [5.41, 5.74) is -1.93. The first-order chi connectivity index (χ1) is 14.0. The fourth-order valence-electron chi connectivity index (χ4n) is 3.15. The number of amides is 1. The Bertz CT molecular complexity index is 907. The maximum atomic E-state index is 13.0. The lowest BCUT2D eigenvalue weighted by Gasteiger charge is -2.19. The first kappa shape index (κ1) is 22.4. The van der Waals surface area contributed by atoms with Gasteiger partial charge < -0.3 is 5.32 Å². The van der Waals surface area contributed by atoms with E-state index in [-0.39, 0.29) is 18.0 Å². The van der Waals surface area contributed by atoms with Crippen LogP contribution in [-0.2, 0) is 12.4 Å². The number of carbonyl (C=O) groups excluding carboxylic acids is 1. The summed E-state index contributed by atoms with van der Waals surface area (Å²) >= 11 is 5.78. The van der Waals surface area contributed by atoms with Crippen LogP contribution in [0.5, 0.6) is 0 Å². The molecule has 3 nitrogen and oxygen atoms in total. The molecule has 1 aliphatic carbocycles. The fraction of sp³-hybridized carbons (Fsp3) is 0.400. The summed E-state index contributed by atoms with van der Waals surface area (Å²) in [6.07, 6.45) is -5.54. The third kappa shape index (κ3) is 5.44. The second kappa shape index (κ2) is 8.45. The Labute approximate surface area is 173 Å². The lowest BCUT2D eigenvalue weighted by molar-refractivity contribution is -0.141. The average molecular weight is 451 g/mol. The molecule has 1 heterocycles. The van der Waals surface area contributed by atoms with Crippen LogP contribution < -0.4 is 5.32 Å². The molecule has 10 heteroatoms. The van der Waals surface area contributed by atoms with Crippen LogP contribution >= 0.6 is 11.6 Å². The number of hydrogen-bond donors (Lipinski definition) is 1. The standard InChI is InChI=1S/C20H17ClF6N2O/c21-17-14(2-1-3-15(17)19(22,23)24)18(30)29-10-13(8-11-4-5-11)12-6-7-16(28-9-12)20(25,26)27/h1-3,6-7,9,11,13H,4-5,8,10H2,(H,29,30). The van der Waals surface area contributed by atoms with E-state index in [9.17, 15) is 31.1 Å². The number of hydrogen-bond acceptors (Lipinski definition) is 2. The third-order valence-corrected chi connectivity index (χ3v) is 5.33. The number of pyridine rings is 1. The second-order valence-electron chi connectivity index (χ2n) is 7.23. The summed E-state index contributed by atoms with van der Waals surface area (Å²) in [4.78, 5) is 15.9. The van der Waals surface area contributed by atoms with Crippen LogP contribution in [0.2, 0.25) is 5.02 Å². The molecule has 3 rings (SSSR count). The zero-order valence-electron chi connectivity index (χ0n) is 15.4. The van der Waals surface area contributed by atoms with E-state index in [0.717, 1.165) is 37.2 Å². The first-order valence-electron chi connectivity index (χ1n) is 9.14. The van der Waals surface area contributed by atoms with Crippen LogP contribution in [0.4, 0.5) is 26.3 Å². The van der Waals surface area contributed by atoms with Gasteiger partial charge in [0.15, 0.2) is 0 Å². The number of benzene rings is 1. The molecule has 0 bridgehead atoms. The van der Waals surface area contributed by atoms with Crippen LogP contribution in [0.25, 0.3) is 0 Å². The number of aromatic nitrogens is 1. The van der Waals surface area contributed by atoms with Gasteiger partial charge in [-0.3, -0.25) is 9.78 Å². The average Bonchev–Trinajstić information content (AvgIpc) is 3.47. The number of carbonyl (C=O) groups is 1. The van der Waals surface area contributed by atoms with E-state index in [1.165, 1.54) is 12.1 Å². The second-order valence-corrected chi connectivity index (χ2v) is 7.60. The van der Waals surface area contributed by atoms with E-state index in [2.05, 4.69) is 10.3 Å². The van der Waals surface area contributed by atoms with Gasteiger partial charge in [0.05, 0.1) is 16.1 Å². The quantitative estimate of drug-likeness (QED) is 0.541. The topological polar surface area (TPSA) is 42.0 Å². The van der Waals surface area contributed by atoms with Gasteiger partial charge in [-0.05, 0) is 36.1 Å². The zero-order chi connectivity index (χ0) is 22.1. The SMILES string of the molecule is O=C(NCC(CC1CC1)c1ccc(C(F)(F)F)nc1)c1cccc(C(F)(F)F)c1Cl. The molecule has 2 aromatic rings. The van der Waals surface area contributed by atoms with Gasteiger partial charge in [-0.25, -0.2) is 0 Å². The van der Waals surface area contributed by atoms with Crippen LogP contribution in [-0.4, -0.2) is 17.4 Å². The molecule has 1 atom stereocenters. The van der Waals surface area contributed by atoms with Crippen molar-refractivity contribution in [3.63, 3.8) is 0 Å². The van der Waals surface area contributed by atoms with Crippen molar-refractivity contribution in [1.82, 2.24) is 10.3 Å². The van der Waals surface area contributed by atoms with E-state index in [4.69, 9.17) is 11.6 Å². The van der Waals surface area contributed by atoms with Crippen molar-refractivity contribution in [2.45, 2.75) is 37.5 Å². The number of halogens is 7. The lowest BCUT2D eigenvalue weighted by Crippen LogP contribution is -2.29. The molecule has 1 aromatic carbocycles. The Morgan fingerprint density at radius 1 is 1.10 bits per heavy atom. The van der Waals surface area contributed by atoms with Gasteiger partial charge >= 0.3 is 12.4 Å². The largest absolute Gasteiger partial charge is 0.433 e. The fourth-order valence-corrected chi connectivity index (χ4v) is 3.46. The Balaban J connectivity index is 1.75. The smallest absolute Gasteiger partial charge is 0.351 e. The molecule has 1 saturated carbocycles. The molecular formula is C20H17ClF6N2O. The van der Waals surface area contributed by atoms with Crippen molar-refractivity contribution in [3.05, 3.63) is 63.9 Å². The van der Waals surface area contributed by atoms with E-state index < -0.39 is 34.5 Å². The highest BCUT2D eigenvalue weighted by molar-refractivity contribution is 6.34. The minimum absolute atomic E-state index is 0.0367. The summed E-state index contributed by atoms with van der Waals surface area (Å²) in [5, 5.41) is 1.86. The molecule has 30 heavy (non-hydrogen) atoms. The minimum atomic E-state index is -4.70. The highest BCUT2D eigenvalue weighted by Gasteiger charge is 2.35. The Kier molecular flexibility index (Phi) is 6.31. The minimum Gasteiger partial charge on any atom is -0.351 e. The Morgan fingerprint density at radius 3 is 2.33 bits per heavy atom. The van der Waals surface area contributed by atoms with Gasteiger partial charge in [0, 0.05) is 18.7 Å². The molecular weight excluding hydrogens is 434 g/mol. The maximum Gasteiger partial charge on any atom is 0.433 e. The van der Waals surface area contributed by atoms with Gasteiger partial charge in [-0.2, -0.15) is 26.3 Å². The van der Waals surface area contributed by atoms with Gasteiger partial charge in [-0.15, -0.1) is 0 Å². The zero-order valence-corrected chi connectivity index (χ0v) is 16.2. The first-order valence-corrected chi connectivity index (χ1v) is 9.51. The predicted molar refractivity (Wildman–Crippen MR) is 98.1 cm³/mol. The molecule has 1 N–H and O–H groups in total. The van der Waals surface area contributed by atoms with Gasteiger partial charge in [0.25, 0.3) is 5.91 Å². The molecule has 1 aliphatic rings. The van der Waals surface area contributed by atoms with Gasteiger partial charge in [0.2, 0.25) is 0 Å². The molecule has 1 fully saturated rings. The predicted octanol–water partition coefficient (Wildman–Crippen LogP) is 6.09.